The molecule has 4 saturated heterocycles. The Bertz CT molecular complexity index is 1490. The average molecular weight is 727 g/mol. The summed E-state index contributed by atoms with van der Waals surface area (Å²) in [5.74, 6) is 0. The van der Waals surface area contributed by atoms with E-state index >= 15 is 0 Å². The van der Waals surface area contributed by atoms with Gasteiger partial charge in [-0.1, -0.05) is 24.3 Å². The predicted molar refractivity (Wildman–Crippen MR) is 219 cm³/mol. The van der Waals surface area contributed by atoms with E-state index < -0.39 is 5.60 Å². The first-order valence-electron chi connectivity index (χ1n) is 21.5. The van der Waals surface area contributed by atoms with E-state index in [1.807, 2.05) is 25.7 Å². The third kappa shape index (κ3) is 10.5. The SMILES string of the molecule is Cc1ccc(CN(C2CC2)C2CCN(C(=O)OC(C)(C)C)CC2)c(N2CCCC2)c1.Cc1ccc(CN(C2CCNCC2)C2CC2)c(N2CCCC2)c1. The number of piperidine rings is 2. The van der Waals surface area contributed by atoms with Crippen LogP contribution in [0, 0.1) is 13.8 Å². The predicted octanol–water partition coefficient (Wildman–Crippen LogP) is 8.27. The number of hydrogen-bond donors (Lipinski definition) is 1. The maximum atomic E-state index is 12.4. The van der Waals surface area contributed by atoms with E-state index in [9.17, 15) is 4.79 Å². The molecule has 6 fully saturated rings. The van der Waals surface area contributed by atoms with E-state index in [0.29, 0.717) is 6.04 Å². The quantitative estimate of drug-likeness (QED) is 0.265. The van der Waals surface area contributed by atoms with Crippen LogP contribution in [0.1, 0.15) is 120 Å². The molecule has 1 N–H and O–H groups in total. The van der Waals surface area contributed by atoms with E-state index in [-0.39, 0.29) is 6.09 Å². The molecule has 2 aromatic rings. The lowest BCUT2D eigenvalue weighted by atomic mass is 10.0. The number of rotatable bonds is 10. The fraction of sp³-hybridized carbons (Fsp3) is 0.711. The third-order valence-corrected chi connectivity index (χ3v) is 12.5. The number of aryl methyl sites for hydroxylation is 2. The number of amides is 1. The van der Waals surface area contributed by atoms with Crippen molar-refractivity contribution >= 4 is 17.5 Å². The van der Waals surface area contributed by atoms with Crippen LogP contribution in [0.5, 0.6) is 0 Å². The molecule has 8 nitrogen and oxygen atoms in total. The minimum atomic E-state index is -0.425. The summed E-state index contributed by atoms with van der Waals surface area (Å²) in [6.45, 7) is 21.3. The van der Waals surface area contributed by atoms with Gasteiger partial charge in [0.1, 0.15) is 5.60 Å². The summed E-state index contributed by atoms with van der Waals surface area (Å²) in [5.41, 5.74) is 8.32. The molecule has 0 bridgehead atoms. The summed E-state index contributed by atoms with van der Waals surface area (Å²) in [6.07, 6.45) is 15.4. The molecule has 2 aliphatic carbocycles. The number of nitrogens with zero attached hydrogens (tertiary/aromatic N) is 5. The number of nitrogens with one attached hydrogen (secondary N) is 1. The highest BCUT2D eigenvalue weighted by atomic mass is 16.6. The van der Waals surface area contributed by atoms with Crippen LogP contribution < -0.4 is 15.1 Å². The number of ether oxygens (including phenoxy) is 1. The number of benzene rings is 2. The Morgan fingerprint density at radius 1 is 0.642 bits per heavy atom. The van der Waals surface area contributed by atoms with Crippen molar-refractivity contribution in [1.29, 1.82) is 0 Å². The van der Waals surface area contributed by atoms with Gasteiger partial charge in [-0.25, -0.2) is 4.79 Å². The van der Waals surface area contributed by atoms with Gasteiger partial charge < -0.3 is 24.8 Å². The summed E-state index contributed by atoms with van der Waals surface area (Å²) in [5, 5.41) is 3.52. The first-order chi connectivity index (χ1) is 25.6. The largest absolute Gasteiger partial charge is 0.444 e. The summed E-state index contributed by atoms with van der Waals surface area (Å²) >= 11 is 0. The molecular formula is C45H70N6O2. The number of carbonyl (C=O) groups is 1. The molecule has 0 aromatic heterocycles. The van der Waals surface area contributed by atoms with Crippen LogP contribution in [-0.2, 0) is 17.8 Å². The van der Waals surface area contributed by atoms with E-state index in [4.69, 9.17) is 4.74 Å². The van der Waals surface area contributed by atoms with Crippen molar-refractivity contribution in [1.82, 2.24) is 20.0 Å². The molecule has 53 heavy (non-hydrogen) atoms. The van der Waals surface area contributed by atoms with Gasteiger partial charge in [-0.3, -0.25) is 9.80 Å². The van der Waals surface area contributed by atoms with Crippen molar-refractivity contribution in [2.75, 3.05) is 62.2 Å². The van der Waals surface area contributed by atoms with Crippen molar-refractivity contribution < 1.29 is 9.53 Å². The van der Waals surface area contributed by atoms with Gasteiger partial charge >= 0.3 is 6.09 Å². The summed E-state index contributed by atoms with van der Waals surface area (Å²) in [6, 6.07) is 17.1. The van der Waals surface area contributed by atoms with Crippen molar-refractivity contribution in [3.8, 4) is 0 Å². The number of hydrogen-bond acceptors (Lipinski definition) is 7. The molecule has 8 heteroatoms. The van der Waals surface area contributed by atoms with Gasteiger partial charge in [0.15, 0.2) is 0 Å². The molecule has 4 aliphatic heterocycles. The molecule has 1 amide bonds. The Labute approximate surface area is 321 Å². The highest BCUT2D eigenvalue weighted by molar-refractivity contribution is 5.68. The summed E-state index contributed by atoms with van der Waals surface area (Å²) in [7, 11) is 0. The van der Waals surface area contributed by atoms with Crippen molar-refractivity contribution in [2.24, 2.45) is 0 Å². The van der Waals surface area contributed by atoms with E-state index in [1.54, 1.807) is 5.56 Å². The van der Waals surface area contributed by atoms with Crippen LogP contribution in [-0.4, -0.2) is 103 Å². The average Bonchev–Trinajstić information content (AvgIpc) is 4.05. The molecule has 292 valence electrons. The number of likely N-dealkylation sites (tertiary alicyclic amines) is 1. The second kappa shape index (κ2) is 17.3. The minimum absolute atomic E-state index is 0.159. The lowest BCUT2D eigenvalue weighted by Gasteiger charge is -2.39. The molecule has 8 rings (SSSR count). The Morgan fingerprint density at radius 3 is 1.47 bits per heavy atom. The first kappa shape index (κ1) is 38.5. The molecule has 0 radical (unpaired) electrons. The van der Waals surface area contributed by atoms with Crippen LogP contribution in [0.3, 0.4) is 0 Å². The van der Waals surface area contributed by atoms with Crippen molar-refractivity contribution in [3.05, 3.63) is 58.7 Å². The van der Waals surface area contributed by atoms with E-state index in [0.717, 1.165) is 57.1 Å². The fourth-order valence-corrected chi connectivity index (χ4v) is 9.28. The zero-order valence-corrected chi connectivity index (χ0v) is 33.9. The van der Waals surface area contributed by atoms with Gasteiger partial charge in [-0.15, -0.1) is 0 Å². The molecule has 4 heterocycles. The zero-order chi connectivity index (χ0) is 37.0. The number of anilines is 2. The van der Waals surface area contributed by atoms with Crippen molar-refractivity contribution in [2.45, 2.75) is 155 Å². The van der Waals surface area contributed by atoms with Gasteiger partial charge in [0.05, 0.1) is 0 Å². The highest BCUT2D eigenvalue weighted by Gasteiger charge is 2.38. The second-order valence-corrected chi connectivity index (χ2v) is 18.1. The third-order valence-electron chi connectivity index (χ3n) is 12.5. The lowest BCUT2D eigenvalue weighted by molar-refractivity contribution is 0.0131. The molecular weight excluding hydrogens is 657 g/mol. The minimum Gasteiger partial charge on any atom is -0.444 e. The number of carbonyl (C=O) groups excluding carboxylic acids is 1. The Hall–Kier alpha value is -2.81. The van der Waals surface area contributed by atoms with Crippen LogP contribution in [0.15, 0.2) is 36.4 Å². The summed E-state index contributed by atoms with van der Waals surface area (Å²) < 4.78 is 5.58. The monoisotopic (exact) mass is 727 g/mol. The Morgan fingerprint density at radius 2 is 1.06 bits per heavy atom. The zero-order valence-electron chi connectivity index (χ0n) is 33.9. The fourth-order valence-electron chi connectivity index (χ4n) is 9.28. The second-order valence-electron chi connectivity index (χ2n) is 18.1. The van der Waals surface area contributed by atoms with Gasteiger partial charge in [0.2, 0.25) is 0 Å². The van der Waals surface area contributed by atoms with Crippen LogP contribution in [0.25, 0.3) is 0 Å². The van der Waals surface area contributed by atoms with Gasteiger partial charge in [0, 0.05) is 87.9 Å². The Kier molecular flexibility index (Phi) is 12.6. The van der Waals surface area contributed by atoms with Crippen LogP contribution in [0.4, 0.5) is 16.2 Å². The van der Waals surface area contributed by atoms with Gasteiger partial charge in [0.25, 0.3) is 0 Å². The van der Waals surface area contributed by atoms with Gasteiger partial charge in [-0.2, -0.15) is 0 Å². The first-order valence-corrected chi connectivity index (χ1v) is 21.5. The van der Waals surface area contributed by atoms with Crippen molar-refractivity contribution in [3.63, 3.8) is 0 Å². The smallest absolute Gasteiger partial charge is 0.410 e. The van der Waals surface area contributed by atoms with Gasteiger partial charge in [-0.05, 0) is 159 Å². The molecule has 2 saturated carbocycles. The van der Waals surface area contributed by atoms with Crippen LogP contribution >= 0.6 is 0 Å². The summed E-state index contributed by atoms with van der Waals surface area (Å²) in [4.78, 5) is 25.1. The maximum Gasteiger partial charge on any atom is 0.410 e. The standard InChI is InChI=1S/C25H39N3O2.C20H31N3/c1-19-7-8-20(23(17-19)26-13-5-6-14-26)18-28(21-9-10-21)22-11-15-27(16-12-22)24(29)30-25(2,3)4;1-16-4-5-17(20(14-16)22-12-2-3-13-22)15-23(18-6-7-18)19-8-10-21-11-9-19/h7-8,17,21-22H,5-6,9-16,18H2,1-4H3;4-5,14,18-19,21H,2-3,6-13,15H2,1H3. The molecule has 0 spiro atoms. The topological polar surface area (TPSA) is 54.5 Å². The normalized spacial score (nSPS) is 21.8. The van der Waals surface area contributed by atoms with E-state index in [2.05, 4.69) is 75.2 Å². The molecule has 6 aliphatic rings. The highest BCUT2D eigenvalue weighted by Crippen LogP contribution is 2.37. The molecule has 0 unspecified atom stereocenters. The van der Waals surface area contributed by atoms with Crippen LogP contribution in [0.2, 0.25) is 0 Å². The Balaban J connectivity index is 0.000000170. The maximum absolute atomic E-state index is 12.4. The molecule has 2 aromatic carbocycles. The lowest BCUT2D eigenvalue weighted by Crippen LogP contribution is -2.48. The molecule has 0 atom stereocenters. The van der Waals surface area contributed by atoms with E-state index in [1.165, 1.54) is 132 Å².